The van der Waals surface area contributed by atoms with Crippen molar-refractivity contribution in [3.8, 4) is 5.75 Å². The number of sulfonamides is 1. The van der Waals surface area contributed by atoms with Gasteiger partial charge in [-0.1, -0.05) is 12.1 Å². The van der Waals surface area contributed by atoms with Gasteiger partial charge in [0.25, 0.3) is 0 Å². The van der Waals surface area contributed by atoms with Crippen molar-refractivity contribution in [1.82, 2.24) is 15.4 Å². The Morgan fingerprint density at radius 2 is 2.00 bits per heavy atom. The topological polar surface area (TPSA) is 91.8 Å². The zero-order valence-electron chi connectivity index (χ0n) is 15.9. The molecule has 0 amide bonds. The van der Waals surface area contributed by atoms with Crippen LogP contribution in [-0.2, 0) is 10.0 Å². The van der Waals surface area contributed by atoms with Gasteiger partial charge in [-0.3, -0.25) is 4.99 Å². The summed E-state index contributed by atoms with van der Waals surface area (Å²) < 4.78 is 31.0. The fourth-order valence-corrected chi connectivity index (χ4v) is 2.71. The van der Waals surface area contributed by atoms with Crippen molar-refractivity contribution in [1.29, 1.82) is 0 Å². The van der Waals surface area contributed by atoms with E-state index in [0.29, 0.717) is 32.0 Å². The van der Waals surface area contributed by atoms with E-state index < -0.39 is 10.0 Å². The third-order valence-electron chi connectivity index (χ3n) is 3.46. The lowest BCUT2D eigenvalue weighted by atomic mass is 10.2. The van der Waals surface area contributed by atoms with E-state index in [1.165, 1.54) is 0 Å². The van der Waals surface area contributed by atoms with Crippen LogP contribution < -0.4 is 20.1 Å². The molecule has 9 heteroatoms. The predicted molar refractivity (Wildman–Crippen MR) is 118 cm³/mol. The van der Waals surface area contributed by atoms with Gasteiger partial charge in [-0.15, -0.1) is 24.0 Å². The molecule has 0 aromatic heterocycles. The Morgan fingerprint density at radius 1 is 1.27 bits per heavy atom. The molecule has 0 fully saturated rings. The van der Waals surface area contributed by atoms with Gasteiger partial charge in [-0.05, 0) is 44.9 Å². The molecule has 0 radical (unpaired) electrons. The minimum Gasteiger partial charge on any atom is -0.489 e. The molecule has 0 bridgehead atoms. The second-order valence-corrected chi connectivity index (χ2v) is 7.87. The number of guanidine groups is 1. The summed E-state index contributed by atoms with van der Waals surface area (Å²) in [7, 11) is -1.42. The number of aliphatic imine (C=N–C) groups is 1. The number of nitrogens with zero attached hydrogens (tertiary/aromatic N) is 1. The van der Waals surface area contributed by atoms with Gasteiger partial charge < -0.3 is 15.4 Å². The largest absolute Gasteiger partial charge is 0.489 e. The van der Waals surface area contributed by atoms with E-state index in [0.717, 1.165) is 11.3 Å². The van der Waals surface area contributed by atoms with Crippen molar-refractivity contribution in [2.45, 2.75) is 33.3 Å². The summed E-state index contributed by atoms with van der Waals surface area (Å²) in [6.07, 6.45) is 0.659. The summed E-state index contributed by atoms with van der Waals surface area (Å²) in [5.74, 6) is 1.61. The Bertz CT molecular complexity index is 653. The Labute approximate surface area is 174 Å². The minimum absolute atomic E-state index is 0. The van der Waals surface area contributed by atoms with Crippen LogP contribution in [0.3, 0.4) is 0 Å². The molecule has 1 aromatic rings. The second kappa shape index (κ2) is 13.2. The third kappa shape index (κ3) is 10.8. The van der Waals surface area contributed by atoms with Crippen molar-refractivity contribution in [3.05, 3.63) is 29.8 Å². The lowest BCUT2D eigenvalue weighted by Crippen LogP contribution is -2.42. The van der Waals surface area contributed by atoms with Crippen LogP contribution in [0.2, 0.25) is 0 Å². The highest BCUT2D eigenvalue weighted by atomic mass is 127. The van der Waals surface area contributed by atoms with Crippen molar-refractivity contribution in [3.63, 3.8) is 0 Å². The van der Waals surface area contributed by atoms with Crippen LogP contribution in [0, 0.1) is 6.92 Å². The smallest absolute Gasteiger partial charge is 0.211 e. The van der Waals surface area contributed by atoms with Crippen LogP contribution in [-0.4, -0.2) is 52.9 Å². The Hall–Kier alpha value is -1.07. The highest BCUT2D eigenvalue weighted by molar-refractivity contribution is 14.0. The van der Waals surface area contributed by atoms with Crippen LogP contribution in [0.4, 0.5) is 0 Å². The molecule has 26 heavy (non-hydrogen) atoms. The van der Waals surface area contributed by atoms with E-state index in [-0.39, 0.29) is 35.8 Å². The molecule has 0 spiro atoms. The van der Waals surface area contributed by atoms with Crippen LogP contribution in [0.25, 0.3) is 0 Å². The van der Waals surface area contributed by atoms with E-state index in [1.807, 2.05) is 38.1 Å². The van der Waals surface area contributed by atoms with Crippen molar-refractivity contribution in [2.24, 2.45) is 4.99 Å². The van der Waals surface area contributed by atoms with Gasteiger partial charge >= 0.3 is 0 Å². The zero-order valence-corrected chi connectivity index (χ0v) is 19.1. The van der Waals surface area contributed by atoms with Gasteiger partial charge in [0, 0.05) is 20.1 Å². The third-order valence-corrected chi connectivity index (χ3v) is 4.86. The molecule has 1 atom stereocenters. The van der Waals surface area contributed by atoms with E-state index in [4.69, 9.17) is 4.74 Å². The highest BCUT2D eigenvalue weighted by Gasteiger charge is 2.07. The summed E-state index contributed by atoms with van der Waals surface area (Å²) >= 11 is 0. The molecule has 1 rings (SSSR count). The molecule has 0 heterocycles. The standard InChI is InChI=1S/C17H30N4O3S.HI/c1-5-25(22,23)21-11-7-10-19-17(18-4)20-13-15(3)24-16-9-6-8-14(2)12-16;/h6,8-9,12,15,21H,5,7,10-11,13H2,1-4H3,(H2,18,19,20);1H. The number of ether oxygens (including phenoxy) is 1. The van der Waals surface area contributed by atoms with Crippen molar-refractivity contribution >= 4 is 40.0 Å². The van der Waals surface area contributed by atoms with Gasteiger partial charge in [0.05, 0.1) is 12.3 Å². The molecule has 0 aliphatic carbocycles. The summed E-state index contributed by atoms with van der Waals surface area (Å²) in [4.78, 5) is 4.14. The molecule has 0 aliphatic heterocycles. The summed E-state index contributed by atoms with van der Waals surface area (Å²) in [6, 6.07) is 7.94. The van der Waals surface area contributed by atoms with Gasteiger partial charge in [0.2, 0.25) is 10.0 Å². The molecule has 0 aliphatic rings. The van der Waals surface area contributed by atoms with Gasteiger partial charge in [0.15, 0.2) is 5.96 Å². The number of hydrogen-bond acceptors (Lipinski definition) is 4. The molecular weight excluding hydrogens is 467 g/mol. The quantitative estimate of drug-likeness (QED) is 0.198. The van der Waals surface area contributed by atoms with Gasteiger partial charge in [0.1, 0.15) is 11.9 Å². The summed E-state index contributed by atoms with van der Waals surface area (Å²) in [5.41, 5.74) is 1.16. The first-order valence-electron chi connectivity index (χ1n) is 8.51. The maximum absolute atomic E-state index is 11.3. The number of benzene rings is 1. The Balaban J connectivity index is 0.00000625. The maximum Gasteiger partial charge on any atom is 0.211 e. The summed E-state index contributed by atoms with van der Waals surface area (Å²) in [5, 5.41) is 6.35. The predicted octanol–water partition coefficient (Wildman–Crippen LogP) is 1.87. The number of hydrogen-bond donors (Lipinski definition) is 3. The number of rotatable bonds is 10. The molecule has 0 saturated carbocycles. The molecule has 150 valence electrons. The highest BCUT2D eigenvalue weighted by Crippen LogP contribution is 2.13. The van der Waals surface area contributed by atoms with Crippen LogP contribution in [0.15, 0.2) is 29.3 Å². The molecule has 3 N–H and O–H groups in total. The normalized spacial score (nSPS) is 12.8. The number of halogens is 1. The van der Waals surface area contributed by atoms with Crippen LogP contribution in [0.1, 0.15) is 25.8 Å². The molecule has 7 nitrogen and oxygen atoms in total. The van der Waals surface area contributed by atoms with E-state index in [9.17, 15) is 8.42 Å². The van der Waals surface area contributed by atoms with Gasteiger partial charge in [-0.25, -0.2) is 13.1 Å². The van der Waals surface area contributed by atoms with Gasteiger partial charge in [-0.2, -0.15) is 0 Å². The first-order valence-corrected chi connectivity index (χ1v) is 10.2. The first kappa shape index (κ1) is 24.9. The molecule has 1 aromatic carbocycles. The minimum atomic E-state index is -3.12. The Kier molecular flexibility index (Phi) is 12.6. The average Bonchev–Trinajstić information content (AvgIpc) is 2.57. The van der Waals surface area contributed by atoms with E-state index >= 15 is 0 Å². The maximum atomic E-state index is 11.3. The second-order valence-electron chi connectivity index (χ2n) is 5.78. The molecule has 1 unspecified atom stereocenters. The zero-order chi connectivity index (χ0) is 18.7. The number of nitrogens with one attached hydrogen (secondary N) is 3. The SMILES string of the molecule is CCS(=O)(=O)NCCCNC(=NC)NCC(C)Oc1cccc(C)c1.I. The van der Waals surface area contributed by atoms with E-state index in [1.54, 1.807) is 14.0 Å². The fourth-order valence-electron chi connectivity index (χ4n) is 2.05. The first-order chi connectivity index (χ1) is 11.9. The molecule has 0 saturated heterocycles. The lowest BCUT2D eigenvalue weighted by Gasteiger charge is -2.18. The monoisotopic (exact) mass is 498 g/mol. The van der Waals surface area contributed by atoms with E-state index in [2.05, 4.69) is 20.3 Å². The van der Waals surface area contributed by atoms with Crippen molar-refractivity contribution in [2.75, 3.05) is 32.4 Å². The lowest BCUT2D eigenvalue weighted by molar-refractivity contribution is 0.223. The van der Waals surface area contributed by atoms with Crippen LogP contribution in [0.5, 0.6) is 5.75 Å². The fraction of sp³-hybridized carbons (Fsp3) is 0.588. The summed E-state index contributed by atoms with van der Waals surface area (Å²) in [6.45, 7) is 7.28. The van der Waals surface area contributed by atoms with Crippen molar-refractivity contribution < 1.29 is 13.2 Å². The van der Waals surface area contributed by atoms with Crippen LogP contribution >= 0.6 is 24.0 Å². The average molecular weight is 498 g/mol. The number of aryl methyl sites for hydroxylation is 1. The Morgan fingerprint density at radius 3 is 2.62 bits per heavy atom. The molecular formula is C17H31IN4O3S.